The Bertz CT molecular complexity index is 298. The van der Waals surface area contributed by atoms with Crippen molar-refractivity contribution in [3.63, 3.8) is 0 Å². The van der Waals surface area contributed by atoms with Gasteiger partial charge in [0.2, 0.25) is 5.91 Å². The lowest BCUT2D eigenvalue weighted by atomic mass is 9.68. The van der Waals surface area contributed by atoms with Gasteiger partial charge in [0.05, 0.1) is 0 Å². The highest BCUT2D eigenvalue weighted by molar-refractivity contribution is 6.21. The molecular weight excluding hydrogens is 197 g/mol. The number of carbonyl (C=O) groups excluding carboxylic acids is 1. The molecule has 1 aliphatic carbocycles. The van der Waals surface area contributed by atoms with Crippen LogP contribution in [0.25, 0.3) is 0 Å². The number of rotatable bonds is 5. The first-order valence-corrected chi connectivity index (χ1v) is 5.97. The third-order valence-electron chi connectivity index (χ3n) is 3.63. The number of hydrogen-bond donors (Lipinski definition) is 1. The van der Waals surface area contributed by atoms with Gasteiger partial charge in [-0.3, -0.25) is 4.79 Å². The highest BCUT2D eigenvalue weighted by Crippen LogP contribution is 2.40. The Morgan fingerprint density at radius 2 is 2.50 bits per heavy atom. The minimum Gasteiger partial charge on any atom is -0.353 e. The Morgan fingerprint density at radius 1 is 1.75 bits per heavy atom. The van der Waals surface area contributed by atoms with E-state index in [0.29, 0.717) is 5.41 Å². The molecule has 0 saturated carbocycles. The van der Waals surface area contributed by atoms with Gasteiger partial charge in [0.25, 0.3) is 0 Å². The number of allylic oxidation sites excluding steroid dienone is 2. The number of amides is 1. The van der Waals surface area contributed by atoms with E-state index in [4.69, 9.17) is 7.85 Å². The van der Waals surface area contributed by atoms with Crippen LogP contribution in [-0.4, -0.2) is 20.3 Å². The lowest BCUT2D eigenvalue weighted by Crippen LogP contribution is -2.30. The molecular formula is C13H20BNO. The van der Waals surface area contributed by atoms with Crippen LogP contribution >= 0.6 is 0 Å². The third kappa shape index (κ3) is 3.55. The summed E-state index contributed by atoms with van der Waals surface area (Å²) >= 11 is 0. The summed E-state index contributed by atoms with van der Waals surface area (Å²) in [7, 11) is 5.79. The molecule has 1 rings (SSSR count). The Kier molecular flexibility index (Phi) is 4.85. The van der Waals surface area contributed by atoms with E-state index < -0.39 is 0 Å². The summed E-state index contributed by atoms with van der Waals surface area (Å²) in [5.41, 5.74) is 1.34. The van der Waals surface area contributed by atoms with E-state index in [2.05, 4.69) is 24.9 Å². The van der Waals surface area contributed by atoms with E-state index >= 15 is 0 Å². The number of nitrogens with one attached hydrogen (secondary N) is 1. The molecule has 1 amide bonds. The standard InChI is InChI=1S/C13H20BNO/c1-3-12(16)15-10-9-13(4-2)7-5-11(14)6-8-13/h3,5H,1,4,6-10H2,2H3,(H,15,16). The monoisotopic (exact) mass is 217 g/mol. The lowest BCUT2D eigenvalue weighted by molar-refractivity contribution is -0.116. The summed E-state index contributed by atoms with van der Waals surface area (Å²) in [6.07, 6.45) is 8.78. The molecule has 2 radical (unpaired) electrons. The van der Waals surface area contributed by atoms with Crippen LogP contribution in [-0.2, 0) is 4.79 Å². The largest absolute Gasteiger partial charge is 0.353 e. The quantitative estimate of drug-likeness (QED) is 0.555. The highest BCUT2D eigenvalue weighted by atomic mass is 16.1. The number of carbonyl (C=O) groups is 1. The fourth-order valence-electron chi connectivity index (χ4n) is 2.21. The van der Waals surface area contributed by atoms with Crippen molar-refractivity contribution in [1.29, 1.82) is 0 Å². The van der Waals surface area contributed by atoms with Gasteiger partial charge in [-0.25, -0.2) is 0 Å². The van der Waals surface area contributed by atoms with Gasteiger partial charge in [-0.15, -0.1) is 5.47 Å². The van der Waals surface area contributed by atoms with Gasteiger partial charge in [-0.2, -0.15) is 0 Å². The topological polar surface area (TPSA) is 29.1 Å². The van der Waals surface area contributed by atoms with Crippen LogP contribution in [0.2, 0.25) is 0 Å². The van der Waals surface area contributed by atoms with Gasteiger partial charge in [0, 0.05) is 6.54 Å². The Hall–Kier alpha value is -0.985. The normalized spacial score (nSPS) is 24.7. The second kappa shape index (κ2) is 5.93. The number of hydrogen-bond acceptors (Lipinski definition) is 1. The van der Waals surface area contributed by atoms with Gasteiger partial charge in [0.15, 0.2) is 0 Å². The van der Waals surface area contributed by atoms with Crippen LogP contribution in [0.3, 0.4) is 0 Å². The molecule has 3 heteroatoms. The van der Waals surface area contributed by atoms with Gasteiger partial charge in [-0.1, -0.05) is 26.0 Å². The Morgan fingerprint density at radius 3 is 3.00 bits per heavy atom. The molecule has 0 aromatic rings. The molecule has 0 aliphatic heterocycles. The molecule has 1 N–H and O–H groups in total. The van der Waals surface area contributed by atoms with Crippen molar-refractivity contribution in [2.75, 3.05) is 6.54 Å². The fraction of sp³-hybridized carbons (Fsp3) is 0.615. The lowest BCUT2D eigenvalue weighted by Gasteiger charge is -2.35. The van der Waals surface area contributed by atoms with E-state index in [1.165, 1.54) is 6.08 Å². The van der Waals surface area contributed by atoms with Crippen LogP contribution in [0, 0.1) is 5.41 Å². The third-order valence-corrected chi connectivity index (χ3v) is 3.63. The van der Waals surface area contributed by atoms with Crippen LogP contribution in [0.5, 0.6) is 0 Å². The molecule has 1 atom stereocenters. The molecule has 0 saturated heterocycles. The SMILES string of the molecule is [B]C1=CCC(CC)(CCNC(=O)C=C)CC1. The van der Waals surface area contributed by atoms with Gasteiger partial charge >= 0.3 is 0 Å². The predicted octanol–water partition coefficient (Wildman–Crippen LogP) is 2.31. The smallest absolute Gasteiger partial charge is 0.243 e. The summed E-state index contributed by atoms with van der Waals surface area (Å²) in [6.45, 7) is 6.38. The summed E-state index contributed by atoms with van der Waals surface area (Å²) in [5.74, 6) is -0.0860. The second-order valence-electron chi connectivity index (χ2n) is 4.58. The first-order chi connectivity index (χ1) is 7.62. The molecule has 16 heavy (non-hydrogen) atoms. The molecule has 0 aromatic heterocycles. The van der Waals surface area contributed by atoms with Crippen molar-refractivity contribution >= 4 is 13.8 Å². The molecule has 0 heterocycles. The minimum absolute atomic E-state index is 0.0860. The Balaban J connectivity index is 2.43. The maximum Gasteiger partial charge on any atom is 0.243 e. The van der Waals surface area contributed by atoms with E-state index in [-0.39, 0.29) is 5.91 Å². The van der Waals surface area contributed by atoms with Gasteiger partial charge in [0.1, 0.15) is 7.85 Å². The van der Waals surface area contributed by atoms with Gasteiger partial charge < -0.3 is 5.32 Å². The maximum absolute atomic E-state index is 11.0. The minimum atomic E-state index is -0.0860. The predicted molar refractivity (Wildman–Crippen MR) is 68.2 cm³/mol. The summed E-state index contributed by atoms with van der Waals surface area (Å²) in [5, 5.41) is 2.84. The Labute approximate surface area is 99.6 Å². The molecule has 0 spiro atoms. The fourth-order valence-corrected chi connectivity index (χ4v) is 2.21. The maximum atomic E-state index is 11.0. The van der Waals surface area contributed by atoms with E-state index in [0.717, 1.165) is 44.1 Å². The molecule has 86 valence electrons. The van der Waals surface area contributed by atoms with Crippen molar-refractivity contribution in [2.24, 2.45) is 5.41 Å². The zero-order valence-electron chi connectivity index (χ0n) is 10.1. The first kappa shape index (κ1) is 13.1. The molecule has 1 aliphatic rings. The second-order valence-corrected chi connectivity index (χ2v) is 4.58. The van der Waals surface area contributed by atoms with E-state index in [9.17, 15) is 4.79 Å². The molecule has 2 nitrogen and oxygen atoms in total. The van der Waals surface area contributed by atoms with Crippen LogP contribution in [0.4, 0.5) is 0 Å². The summed E-state index contributed by atoms with van der Waals surface area (Å²) in [6, 6.07) is 0. The van der Waals surface area contributed by atoms with Crippen molar-refractivity contribution in [1.82, 2.24) is 5.32 Å². The summed E-state index contributed by atoms with van der Waals surface area (Å²) < 4.78 is 0. The van der Waals surface area contributed by atoms with Crippen molar-refractivity contribution in [3.8, 4) is 0 Å². The zero-order valence-corrected chi connectivity index (χ0v) is 10.1. The van der Waals surface area contributed by atoms with E-state index in [1.807, 2.05) is 0 Å². The molecule has 0 aromatic carbocycles. The zero-order chi connectivity index (χ0) is 12.0. The first-order valence-electron chi connectivity index (χ1n) is 5.97. The van der Waals surface area contributed by atoms with Crippen molar-refractivity contribution in [2.45, 2.75) is 39.0 Å². The molecule has 0 fully saturated rings. The molecule has 1 unspecified atom stereocenters. The summed E-state index contributed by atoms with van der Waals surface area (Å²) in [4.78, 5) is 11.0. The van der Waals surface area contributed by atoms with E-state index in [1.54, 1.807) is 0 Å². The molecule has 0 bridgehead atoms. The van der Waals surface area contributed by atoms with Crippen molar-refractivity contribution in [3.05, 3.63) is 24.2 Å². The van der Waals surface area contributed by atoms with Gasteiger partial charge in [-0.05, 0) is 37.2 Å². The highest BCUT2D eigenvalue weighted by Gasteiger charge is 2.28. The van der Waals surface area contributed by atoms with Crippen molar-refractivity contribution < 1.29 is 4.79 Å². The average molecular weight is 217 g/mol. The average Bonchev–Trinajstić information content (AvgIpc) is 2.32. The van der Waals surface area contributed by atoms with Crippen LogP contribution in [0.1, 0.15) is 39.0 Å². The van der Waals surface area contributed by atoms with Crippen LogP contribution in [0.15, 0.2) is 24.2 Å². The van der Waals surface area contributed by atoms with Crippen LogP contribution < -0.4 is 5.32 Å².